The second-order valence-electron chi connectivity index (χ2n) is 5.13. The second kappa shape index (κ2) is 8.98. The highest BCUT2D eigenvalue weighted by Crippen LogP contribution is 2.12. The minimum absolute atomic E-state index is 0.743. The molecule has 0 bridgehead atoms. The number of rotatable bonds is 9. The Bertz CT molecular complexity index is 305. The molecule has 1 aromatic rings. The van der Waals surface area contributed by atoms with Crippen molar-refractivity contribution in [2.75, 3.05) is 19.7 Å². The summed E-state index contributed by atoms with van der Waals surface area (Å²) >= 11 is 0. The van der Waals surface area contributed by atoms with Gasteiger partial charge in [-0.15, -0.1) is 0 Å². The molecular formula is C16H27NO. The van der Waals surface area contributed by atoms with Gasteiger partial charge in [-0.2, -0.15) is 0 Å². The summed E-state index contributed by atoms with van der Waals surface area (Å²) in [6.45, 7) is 9.46. The van der Waals surface area contributed by atoms with E-state index in [1.807, 2.05) is 0 Å². The zero-order chi connectivity index (χ0) is 13.2. The highest BCUT2D eigenvalue weighted by atomic mass is 16.5. The molecule has 1 N–H and O–H groups in total. The lowest BCUT2D eigenvalue weighted by atomic mass is 10.1. The SMILES string of the molecule is CCc1ccc(OCCNCCCC(C)C)cc1. The Balaban J connectivity index is 2.03. The number of ether oxygens (including phenoxy) is 1. The van der Waals surface area contributed by atoms with E-state index in [1.54, 1.807) is 0 Å². The van der Waals surface area contributed by atoms with Crippen LogP contribution >= 0.6 is 0 Å². The maximum absolute atomic E-state index is 5.67. The molecule has 0 aliphatic heterocycles. The summed E-state index contributed by atoms with van der Waals surface area (Å²) in [6.07, 6.45) is 3.63. The predicted molar refractivity (Wildman–Crippen MR) is 78.3 cm³/mol. The lowest BCUT2D eigenvalue weighted by Gasteiger charge is -2.08. The van der Waals surface area contributed by atoms with Crippen LogP contribution in [0, 0.1) is 5.92 Å². The molecule has 0 saturated carbocycles. The van der Waals surface area contributed by atoms with Crippen LogP contribution in [0.1, 0.15) is 39.2 Å². The van der Waals surface area contributed by atoms with Gasteiger partial charge in [-0.3, -0.25) is 0 Å². The third-order valence-electron chi connectivity index (χ3n) is 3.01. The van der Waals surface area contributed by atoms with E-state index in [2.05, 4.69) is 50.4 Å². The average Bonchev–Trinajstić information content (AvgIpc) is 2.38. The minimum atomic E-state index is 0.743. The van der Waals surface area contributed by atoms with E-state index in [-0.39, 0.29) is 0 Å². The van der Waals surface area contributed by atoms with Crippen molar-refractivity contribution in [2.24, 2.45) is 5.92 Å². The van der Waals surface area contributed by atoms with E-state index in [4.69, 9.17) is 4.74 Å². The summed E-state index contributed by atoms with van der Waals surface area (Å²) in [6, 6.07) is 8.37. The van der Waals surface area contributed by atoms with Gasteiger partial charge < -0.3 is 10.1 Å². The summed E-state index contributed by atoms with van der Waals surface area (Å²) in [5.41, 5.74) is 1.36. The summed E-state index contributed by atoms with van der Waals surface area (Å²) in [5, 5.41) is 3.41. The standard InChI is InChI=1S/C16H27NO/c1-4-15-7-9-16(10-8-15)18-13-12-17-11-5-6-14(2)3/h7-10,14,17H,4-6,11-13H2,1-3H3. The smallest absolute Gasteiger partial charge is 0.119 e. The molecule has 0 unspecified atom stereocenters. The summed E-state index contributed by atoms with van der Waals surface area (Å²) < 4.78 is 5.67. The average molecular weight is 249 g/mol. The van der Waals surface area contributed by atoms with E-state index in [0.29, 0.717) is 0 Å². The lowest BCUT2D eigenvalue weighted by molar-refractivity contribution is 0.313. The third kappa shape index (κ3) is 6.65. The van der Waals surface area contributed by atoms with Crippen molar-refractivity contribution >= 4 is 0 Å². The normalized spacial score (nSPS) is 10.9. The molecule has 0 fully saturated rings. The molecule has 1 rings (SSSR count). The number of nitrogens with one attached hydrogen (secondary N) is 1. The summed E-state index contributed by atoms with van der Waals surface area (Å²) in [5.74, 6) is 1.77. The lowest BCUT2D eigenvalue weighted by Crippen LogP contribution is -2.22. The molecule has 2 nitrogen and oxygen atoms in total. The predicted octanol–water partition coefficient (Wildman–Crippen LogP) is 3.65. The van der Waals surface area contributed by atoms with Crippen molar-refractivity contribution in [3.05, 3.63) is 29.8 Å². The first-order valence-corrected chi connectivity index (χ1v) is 7.14. The number of aryl methyl sites for hydroxylation is 1. The molecule has 18 heavy (non-hydrogen) atoms. The van der Waals surface area contributed by atoms with Crippen LogP contribution in [0.4, 0.5) is 0 Å². The fourth-order valence-electron chi connectivity index (χ4n) is 1.82. The van der Waals surface area contributed by atoms with Crippen LogP contribution in [-0.2, 0) is 6.42 Å². The molecule has 0 aromatic heterocycles. The van der Waals surface area contributed by atoms with Crippen LogP contribution in [0.2, 0.25) is 0 Å². The first-order chi connectivity index (χ1) is 8.72. The molecule has 0 heterocycles. The highest BCUT2D eigenvalue weighted by Gasteiger charge is 1.95. The zero-order valence-corrected chi connectivity index (χ0v) is 12.0. The maximum Gasteiger partial charge on any atom is 0.119 e. The van der Waals surface area contributed by atoms with Gasteiger partial charge >= 0.3 is 0 Å². The fraction of sp³-hybridized carbons (Fsp3) is 0.625. The van der Waals surface area contributed by atoms with Gasteiger partial charge in [-0.05, 0) is 49.4 Å². The Morgan fingerprint density at radius 1 is 1.11 bits per heavy atom. The largest absolute Gasteiger partial charge is 0.492 e. The zero-order valence-electron chi connectivity index (χ0n) is 12.0. The van der Waals surface area contributed by atoms with Gasteiger partial charge in [0.05, 0.1) is 0 Å². The first kappa shape index (κ1) is 15.0. The van der Waals surface area contributed by atoms with E-state index < -0.39 is 0 Å². The molecule has 0 radical (unpaired) electrons. The van der Waals surface area contributed by atoms with Crippen molar-refractivity contribution < 1.29 is 4.74 Å². The third-order valence-corrected chi connectivity index (χ3v) is 3.01. The van der Waals surface area contributed by atoms with Gasteiger partial charge in [0.15, 0.2) is 0 Å². The van der Waals surface area contributed by atoms with Gasteiger partial charge in [0.25, 0.3) is 0 Å². The van der Waals surface area contributed by atoms with Crippen molar-refractivity contribution in [1.82, 2.24) is 5.32 Å². The topological polar surface area (TPSA) is 21.3 Å². The second-order valence-corrected chi connectivity index (χ2v) is 5.13. The van der Waals surface area contributed by atoms with Crippen LogP contribution in [0.25, 0.3) is 0 Å². The molecule has 0 saturated heterocycles. The van der Waals surface area contributed by atoms with Crippen LogP contribution in [0.5, 0.6) is 5.75 Å². The molecule has 2 heteroatoms. The van der Waals surface area contributed by atoms with Gasteiger partial charge in [0.1, 0.15) is 12.4 Å². The fourth-order valence-corrected chi connectivity index (χ4v) is 1.82. The van der Waals surface area contributed by atoms with Gasteiger partial charge in [-0.25, -0.2) is 0 Å². The van der Waals surface area contributed by atoms with Gasteiger partial charge in [0.2, 0.25) is 0 Å². The van der Waals surface area contributed by atoms with E-state index in [0.717, 1.165) is 37.8 Å². The van der Waals surface area contributed by atoms with Gasteiger partial charge in [0, 0.05) is 6.54 Å². The van der Waals surface area contributed by atoms with Crippen LogP contribution in [-0.4, -0.2) is 19.7 Å². The molecule has 0 aliphatic rings. The number of hydrogen-bond donors (Lipinski definition) is 1. The Morgan fingerprint density at radius 3 is 2.44 bits per heavy atom. The van der Waals surface area contributed by atoms with Crippen molar-refractivity contribution in [3.63, 3.8) is 0 Å². The van der Waals surface area contributed by atoms with Crippen molar-refractivity contribution in [2.45, 2.75) is 40.0 Å². The molecule has 0 atom stereocenters. The quantitative estimate of drug-likeness (QED) is 0.674. The Kier molecular flexibility index (Phi) is 7.51. The number of benzene rings is 1. The van der Waals surface area contributed by atoms with Crippen molar-refractivity contribution in [1.29, 1.82) is 0 Å². The molecular weight excluding hydrogens is 222 g/mol. The van der Waals surface area contributed by atoms with Gasteiger partial charge in [-0.1, -0.05) is 32.9 Å². The number of hydrogen-bond acceptors (Lipinski definition) is 2. The molecule has 0 spiro atoms. The molecule has 0 amide bonds. The van der Waals surface area contributed by atoms with Crippen molar-refractivity contribution in [3.8, 4) is 5.75 Å². The molecule has 0 aliphatic carbocycles. The Labute approximate surface area is 112 Å². The Hall–Kier alpha value is -1.02. The van der Waals surface area contributed by atoms with E-state index >= 15 is 0 Å². The summed E-state index contributed by atoms with van der Waals surface area (Å²) in [7, 11) is 0. The molecule has 102 valence electrons. The molecule has 1 aromatic carbocycles. The minimum Gasteiger partial charge on any atom is -0.492 e. The van der Waals surface area contributed by atoms with Crippen LogP contribution in [0.15, 0.2) is 24.3 Å². The first-order valence-electron chi connectivity index (χ1n) is 7.14. The van der Waals surface area contributed by atoms with Crippen LogP contribution < -0.4 is 10.1 Å². The highest BCUT2D eigenvalue weighted by molar-refractivity contribution is 5.27. The van der Waals surface area contributed by atoms with E-state index in [1.165, 1.54) is 18.4 Å². The van der Waals surface area contributed by atoms with Crippen LogP contribution in [0.3, 0.4) is 0 Å². The Morgan fingerprint density at radius 2 is 1.83 bits per heavy atom. The van der Waals surface area contributed by atoms with E-state index in [9.17, 15) is 0 Å². The summed E-state index contributed by atoms with van der Waals surface area (Å²) in [4.78, 5) is 0. The maximum atomic E-state index is 5.67. The monoisotopic (exact) mass is 249 g/mol.